The summed E-state index contributed by atoms with van der Waals surface area (Å²) in [6.07, 6.45) is 1.40. The van der Waals surface area contributed by atoms with Crippen LogP contribution < -0.4 is 4.74 Å². The highest BCUT2D eigenvalue weighted by Crippen LogP contribution is 2.18. The summed E-state index contributed by atoms with van der Waals surface area (Å²) in [6, 6.07) is 4.69. The van der Waals surface area contributed by atoms with E-state index in [1.54, 1.807) is 0 Å². The van der Waals surface area contributed by atoms with Gasteiger partial charge < -0.3 is 9.47 Å². The summed E-state index contributed by atoms with van der Waals surface area (Å²) >= 11 is 0. The maximum Gasteiger partial charge on any atom is 0.127 e. The number of hydrogen-bond donors (Lipinski definition) is 0. The molecule has 0 N–H and O–H groups in total. The molecule has 0 aliphatic carbocycles. The van der Waals surface area contributed by atoms with Crippen molar-refractivity contribution in [2.24, 2.45) is 0 Å². The van der Waals surface area contributed by atoms with Crippen molar-refractivity contribution >= 4 is 0 Å². The van der Waals surface area contributed by atoms with Gasteiger partial charge in [0.1, 0.15) is 11.6 Å². The molecule has 0 atom stereocenters. The minimum atomic E-state index is -0.281. The second kappa shape index (κ2) is 6.16. The number of halogens is 1. The van der Waals surface area contributed by atoms with Gasteiger partial charge in [-0.1, -0.05) is 6.58 Å². The van der Waals surface area contributed by atoms with Crippen molar-refractivity contribution in [3.8, 4) is 5.75 Å². The molecule has 0 aliphatic rings. The lowest BCUT2D eigenvalue weighted by Crippen LogP contribution is -1.95. The third-order valence-electron chi connectivity index (χ3n) is 2.21. The zero-order valence-electron chi connectivity index (χ0n) is 9.75. The molecule has 0 saturated heterocycles. The molecule has 1 rings (SSSR count). The first-order valence-electron chi connectivity index (χ1n) is 5.29. The topological polar surface area (TPSA) is 18.5 Å². The number of ether oxygens (including phenoxy) is 2. The molecule has 2 nitrogen and oxygen atoms in total. The SMILES string of the molecule is C=C(CCc1cc(F)cc(OC)c1)OCC. The van der Waals surface area contributed by atoms with E-state index in [4.69, 9.17) is 9.47 Å². The molecule has 0 aromatic heterocycles. The smallest absolute Gasteiger partial charge is 0.127 e. The van der Waals surface area contributed by atoms with Crippen molar-refractivity contribution in [1.82, 2.24) is 0 Å². The third-order valence-corrected chi connectivity index (χ3v) is 2.21. The summed E-state index contributed by atoms with van der Waals surface area (Å²) in [5.41, 5.74) is 0.887. The molecule has 0 aliphatic heterocycles. The Morgan fingerprint density at radius 2 is 2.12 bits per heavy atom. The van der Waals surface area contributed by atoms with Gasteiger partial charge in [-0.05, 0) is 31.0 Å². The lowest BCUT2D eigenvalue weighted by atomic mass is 10.1. The van der Waals surface area contributed by atoms with Gasteiger partial charge >= 0.3 is 0 Å². The summed E-state index contributed by atoms with van der Waals surface area (Å²) in [5, 5.41) is 0. The van der Waals surface area contributed by atoms with Crippen molar-refractivity contribution in [1.29, 1.82) is 0 Å². The van der Waals surface area contributed by atoms with Crippen LogP contribution in [0.5, 0.6) is 5.75 Å². The molecule has 0 unspecified atom stereocenters. The van der Waals surface area contributed by atoms with Crippen LogP contribution >= 0.6 is 0 Å². The molecule has 0 radical (unpaired) electrons. The third kappa shape index (κ3) is 3.93. The van der Waals surface area contributed by atoms with Gasteiger partial charge in [-0.2, -0.15) is 0 Å². The van der Waals surface area contributed by atoms with E-state index in [-0.39, 0.29) is 5.82 Å². The fraction of sp³-hybridized carbons (Fsp3) is 0.385. The molecule has 0 bridgehead atoms. The van der Waals surface area contributed by atoms with Crippen LogP contribution in [-0.2, 0) is 11.2 Å². The van der Waals surface area contributed by atoms with Gasteiger partial charge in [0.15, 0.2) is 0 Å². The standard InChI is InChI=1S/C13H17FO2/c1-4-16-10(2)5-6-11-7-12(14)9-13(8-11)15-3/h7-9H,2,4-6H2,1,3H3. The summed E-state index contributed by atoms with van der Waals surface area (Å²) < 4.78 is 23.4. The van der Waals surface area contributed by atoms with Gasteiger partial charge in [-0.3, -0.25) is 0 Å². The van der Waals surface area contributed by atoms with E-state index in [1.165, 1.54) is 19.2 Å². The predicted molar refractivity (Wildman–Crippen MR) is 62.0 cm³/mol. The van der Waals surface area contributed by atoms with Gasteiger partial charge in [0, 0.05) is 12.5 Å². The van der Waals surface area contributed by atoms with Crippen LogP contribution in [0.25, 0.3) is 0 Å². The Labute approximate surface area is 95.7 Å². The minimum absolute atomic E-state index is 0.281. The van der Waals surface area contributed by atoms with Crippen LogP contribution in [0.15, 0.2) is 30.5 Å². The van der Waals surface area contributed by atoms with Crippen LogP contribution in [0.3, 0.4) is 0 Å². The summed E-state index contributed by atoms with van der Waals surface area (Å²) in [7, 11) is 1.53. The van der Waals surface area contributed by atoms with Crippen molar-refractivity contribution < 1.29 is 13.9 Å². The van der Waals surface area contributed by atoms with Crippen LogP contribution in [0, 0.1) is 5.82 Å². The zero-order chi connectivity index (χ0) is 12.0. The molecule has 1 aromatic carbocycles. The molecule has 0 amide bonds. The van der Waals surface area contributed by atoms with E-state index in [2.05, 4.69) is 6.58 Å². The Morgan fingerprint density at radius 3 is 2.75 bits per heavy atom. The number of methoxy groups -OCH3 is 1. The zero-order valence-corrected chi connectivity index (χ0v) is 9.75. The maximum atomic E-state index is 13.2. The average molecular weight is 224 g/mol. The Hall–Kier alpha value is -1.51. The fourth-order valence-electron chi connectivity index (χ4n) is 1.44. The van der Waals surface area contributed by atoms with E-state index in [9.17, 15) is 4.39 Å². The molecule has 16 heavy (non-hydrogen) atoms. The first-order chi connectivity index (χ1) is 7.65. The Balaban J connectivity index is 2.59. The van der Waals surface area contributed by atoms with E-state index < -0.39 is 0 Å². The molecule has 3 heteroatoms. The highest BCUT2D eigenvalue weighted by molar-refractivity contribution is 5.29. The first-order valence-corrected chi connectivity index (χ1v) is 5.29. The number of benzene rings is 1. The Bertz CT molecular complexity index is 361. The molecular formula is C13H17FO2. The predicted octanol–water partition coefficient (Wildman–Crippen LogP) is 3.32. The fourth-order valence-corrected chi connectivity index (χ4v) is 1.44. The summed E-state index contributed by atoms with van der Waals surface area (Å²) in [5.74, 6) is 0.985. The number of hydrogen-bond acceptors (Lipinski definition) is 2. The summed E-state index contributed by atoms with van der Waals surface area (Å²) in [6.45, 7) is 6.31. The highest BCUT2D eigenvalue weighted by Gasteiger charge is 2.02. The van der Waals surface area contributed by atoms with Crippen LogP contribution in [0.2, 0.25) is 0 Å². The van der Waals surface area contributed by atoms with Crippen molar-refractivity contribution in [2.75, 3.05) is 13.7 Å². The summed E-state index contributed by atoms with van der Waals surface area (Å²) in [4.78, 5) is 0. The first kappa shape index (κ1) is 12.6. The van der Waals surface area contributed by atoms with Crippen LogP contribution in [0.4, 0.5) is 4.39 Å². The molecule has 0 fully saturated rings. The van der Waals surface area contributed by atoms with E-state index in [1.807, 2.05) is 13.0 Å². The second-order valence-corrected chi connectivity index (χ2v) is 3.47. The number of aryl methyl sites for hydroxylation is 1. The van der Waals surface area contributed by atoms with Crippen molar-refractivity contribution in [3.63, 3.8) is 0 Å². The quantitative estimate of drug-likeness (QED) is 0.690. The van der Waals surface area contributed by atoms with Gasteiger partial charge in [0.25, 0.3) is 0 Å². The second-order valence-electron chi connectivity index (χ2n) is 3.47. The van der Waals surface area contributed by atoms with E-state index >= 15 is 0 Å². The van der Waals surface area contributed by atoms with Gasteiger partial charge in [0.2, 0.25) is 0 Å². The molecule has 88 valence electrons. The van der Waals surface area contributed by atoms with E-state index in [0.29, 0.717) is 25.2 Å². The lowest BCUT2D eigenvalue weighted by molar-refractivity contribution is 0.220. The van der Waals surface area contributed by atoms with Gasteiger partial charge in [0.05, 0.1) is 19.5 Å². The van der Waals surface area contributed by atoms with Crippen molar-refractivity contribution in [2.45, 2.75) is 19.8 Å². The largest absolute Gasteiger partial charge is 0.499 e. The van der Waals surface area contributed by atoms with Gasteiger partial charge in [-0.25, -0.2) is 4.39 Å². The average Bonchev–Trinajstić information content (AvgIpc) is 2.26. The van der Waals surface area contributed by atoms with Crippen molar-refractivity contribution in [3.05, 3.63) is 41.9 Å². The molecule has 1 aromatic rings. The maximum absolute atomic E-state index is 13.2. The molecule has 0 saturated carbocycles. The molecular weight excluding hydrogens is 207 g/mol. The number of allylic oxidation sites excluding steroid dienone is 1. The highest BCUT2D eigenvalue weighted by atomic mass is 19.1. The monoisotopic (exact) mass is 224 g/mol. The van der Waals surface area contributed by atoms with E-state index in [0.717, 1.165) is 11.3 Å². The Morgan fingerprint density at radius 1 is 1.38 bits per heavy atom. The van der Waals surface area contributed by atoms with Gasteiger partial charge in [-0.15, -0.1) is 0 Å². The molecule has 0 spiro atoms. The van der Waals surface area contributed by atoms with Crippen LogP contribution in [-0.4, -0.2) is 13.7 Å². The van der Waals surface area contributed by atoms with Crippen LogP contribution in [0.1, 0.15) is 18.9 Å². The normalized spacial score (nSPS) is 9.94. The minimum Gasteiger partial charge on any atom is -0.499 e. The Kier molecular flexibility index (Phi) is 4.83. The number of rotatable bonds is 6. The lowest BCUT2D eigenvalue weighted by Gasteiger charge is -2.08. The molecule has 0 heterocycles.